The van der Waals surface area contributed by atoms with E-state index in [1.165, 1.54) is 6.92 Å². The molecular weight excluding hydrogens is 275 g/mol. The quantitative estimate of drug-likeness (QED) is 0.648. The third-order valence-corrected chi connectivity index (χ3v) is 1.46. The average molecular weight is 293 g/mol. The van der Waals surface area contributed by atoms with Gasteiger partial charge in [-0.05, 0) is 6.92 Å². The Morgan fingerprint density at radius 3 is 1.80 bits per heavy atom. The van der Waals surface area contributed by atoms with Gasteiger partial charge in [-0.25, -0.2) is 0 Å². The van der Waals surface area contributed by atoms with Crippen LogP contribution in [0.15, 0.2) is 0 Å². The van der Waals surface area contributed by atoms with E-state index in [9.17, 15) is 19.8 Å². The number of ketones is 1. The minimum Gasteiger partial charge on any atom is -0.852 e. The molecule has 0 saturated carbocycles. The van der Waals surface area contributed by atoms with Gasteiger partial charge in [0.15, 0.2) is 0 Å². The summed E-state index contributed by atoms with van der Waals surface area (Å²) < 4.78 is 0. The molecular formula is C10H18O4Zr. The van der Waals surface area contributed by atoms with E-state index >= 15 is 0 Å². The molecule has 0 aliphatic rings. The largest absolute Gasteiger partial charge is 2.00 e. The molecule has 0 aliphatic heterocycles. The SMILES string of the molecule is CC(=O)CC(=O)[O-].CCCC([O-])CC.[Zr+2]. The summed E-state index contributed by atoms with van der Waals surface area (Å²) in [5.74, 6) is -1.69. The van der Waals surface area contributed by atoms with Gasteiger partial charge in [0.1, 0.15) is 5.78 Å². The maximum Gasteiger partial charge on any atom is 2.00 e. The van der Waals surface area contributed by atoms with Crippen LogP contribution in [-0.4, -0.2) is 17.9 Å². The second-order valence-corrected chi connectivity index (χ2v) is 3.07. The van der Waals surface area contributed by atoms with Crippen molar-refractivity contribution in [1.29, 1.82) is 0 Å². The van der Waals surface area contributed by atoms with Gasteiger partial charge in [0.25, 0.3) is 0 Å². The molecule has 0 radical (unpaired) electrons. The first-order chi connectivity index (χ1) is 6.43. The number of carbonyl (C=O) groups is 2. The molecule has 0 aliphatic carbocycles. The number of Topliss-reactive ketones (excluding diaryl/α,β-unsaturated/α-hetero) is 1. The third kappa shape index (κ3) is 24.9. The summed E-state index contributed by atoms with van der Waals surface area (Å²) in [6, 6.07) is 0. The zero-order valence-corrected chi connectivity index (χ0v) is 12.0. The predicted octanol–water partition coefficient (Wildman–Crippen LogP) is -0.362. The van der Waals surface area contributed by atoms with Crippen LogP contribution in [0.25, 0.3) is 0 Å². The molecule has 0 fully saturated rings. The van der Waals surface area contributed by atoms with Gasteiger partial charge in [-0.1, -0.05) is 33.1 Å². The fourth-order valence-corrected chi connectivity index (χ4v) is 0.729. The molecule has 5 heteroatoms. The second-order valence-electron chi connectivity index (χ2n) is 3.07. The molecule has 1 unspecified atom stereocenters. The zero-order valence-electron chi connectivity index (χ0n) is 9.54. The van der Waals surface area contributed by atoms with Crippen molar-refractivity contribution in [3.05, 3.63) is 0 Å². The molecule has 0 aromatic carbocycles. The minimum atomic E-state index is -1.31. The van der Waals surface area contributed by atoms with Gasteiger partial charge in [0.2, 0.25) is 0 Å². The maximum absolute atomic E-state index is 10.5. The van der Waals surface area contributed by atoms with Crippen LogP contribution in [0.2, 0.25) is 0 Å². The number of hydrogen-bond acceptors (Lipinski definition) is 4. The maximum atomic E-state index is 10.5. The standard InChI is InChI=1S/C6H13O.C4H6O3.Zr/c1-3-5-6(7)4-2;1-3(5)2-4(6)7;/h6H,3-5H2,1-2H3;2H2,1H3,(H,6,7);/q-1;;+2/p-1. The molecule has 0 N–H and O–H groups in total. The third-order valence-electron chi connectivity index (χ3n) is 1.46. The van der Waals surface area contributed by atoms with Crippen LogP contribution in [0.3, 0.4) is 0 Å². The van der Waals surface area contributed by atoms with E-state index in [1.54, 1.807) is 0 Å². The number of carboxylic acids is 1. The van der Waals surface area contributed by atoms with Crippen LogP contribution in [-0.2, 0) is 35.8 Å². The summed E-state index contributed by atoms with van der Waals surface area (Å²) in [6.45, 7) is 5.18. The van der Waals surface area contributed by atoms with E-state index in [0.29, 0.717) is 0 Å². The van der Waals surface area contributed by atoms with E-state index in [2.05, 4.69) is 0 Å². The Bertz CT molecular complexity index is 159. The molecule has 86 valence electrons. The molecule has 15 heavy (non-hydrogen) atoms. The summed E-state index contributed by atoms with van der Waals surface area (Å²) in [4.78, 5) is 19.3. The first kappa shape index (κ1) is 20.4. The molecule has 0 aromatic heterocycles. The van der Waals surface area contributed by atoms with Crippen LogP contribution in [0.4, 0.5) is 0 Å². The first-order valence-electron chi connectivity index (χ1n) is 4.79. The van der Waals surface area contributed by atoms with E-state index in [0.717, 1.165) is 19.3 Å². The molecule has 0 spiro atoms. The molecule has 0 bridgehead atoms. The van der Waals surface area contributed by atoms with Crippen molar-refractivity contribution in [2.45, 2.75) is 52.6 Å². The van der Waals surface area contributed by atoms with Crippen LogP contribution in [0.1, 0.15) is 46.5 Å². The van der Waals surface area contributed by atoms with Crippen molar-refractivity contribution in [2.24, 2.45) is 0 Å². The number of carboxylic acid groups (broad SMARTS) is 1. The Kier molecular flexibility index (Phi) is 19.0. The molecule has 0 rings (SSSR count). The van der Waals surface area contributed by atoms with Gasteiger partial charge in [-0.3, -0.25) is 4.79 Å². The smallest absolute Gasteiger partial charge is 0.852 e. The van der Waals surface area contributed by atoms with Gasteiger partial charge in [-0.15, -0.1) is 6.10 Å². The Balaban J connectivity index is -0.000000180. The van der Waals surface area contributed by atoms with Crippen LogP contribution in [0.5, 0.6) is 0 Å². The summed E-state index contributed by atoms with van der Waals surface area (Å²) in [5, 5.41) is 20.0. The monoisotopic (exact) mass is 292 g/mol. The molecule has 0 aromatic rings. The fraction of sp³-hybridized carbons (Fsp3) is 0.800. The molecule has 4 nitrogen and oxygen atoms in total. The predicted molar refractivity (Wildman–Crippen MR) is 49.3 cm³/mol. The van der Waals surface area contributed by atoms with Gasteiger partial charge in [-0.2, -0.15) is 0 Å². The first-order valence-corrected chi connectivity index (χ1v) is 4.79. The number of hydrogen-bond donors (Lipinski definition) is 0. The Labute approximate surface area is 110 Å². The van der Waals surface area contributed by atoms with Gasteiger partial charge >= 0.3 is 26.2 Å². The van der Waals surface area contributed by atoms with E-state index in [1.807, 2.05) is 13.8 Å². The van der Waals surface area contributed by atoms with E-state index < -0.39 is 12.4 Å². The summed E-state index contributed by atoms with van der Waals surface area (Å²) >= 11 is 0. The average Bonchev–Trinajstić information content (AvgIpc) is 2.03. The molecule has 1 atom stereocenters. The number of rotatable bonds is 5. The van der Waals surface area contributed by atoms with Crippen LogP contribution in [0, 0.1) is 0 Å². The van der Waals surface area contributed by atoms with Gasteiger partial charge < -0.3 is 15.0 Å². The summed E-state index contributed by atoms with van der Waals surface area (Å²) in [7, 11) is 0. The van der Waals surface area contributed by atoms with Crippen molar-refractivity contribution in [3.8, 4) is 0 Å². The molecule has 0 amide bonds. The van der Waals surface area contributed by atoms with Crippen molar-refractivity contribution in [1.82, 2.24) is 0 Å². The number of aliphatic carboxylic acids is 1. The second kappa shape index (κ2) is 14.0. The Morgan fingerprint density at radius 2 is 1.73 bits per heavy atom. The topological polar surface area (TPSA) is 80.3 Å². The number of carbonyl (C=O) groups excluding carboxylic acids is 2. The van der Waals surface area contributed by atoms with E-state index in [4.69, 9.17) is 0 Å². The zero-order chi connectivity index (χ0) is 11.6. The van der Waals surface area contributed by atoms with E-state index in [-0.39, 0.29) is 38.1 Å². The normalized spacial score (nSPS) is 10.4. The van der Waals surface area contributed by atoms with Crippen LogP contribution < -0.4 is 10.2 Å². The van der Waals surface area contributed by atoms with Crippen molar-refractivity contribution >= 4 is 11.8 Å². The molecule has 0 saturated heterocycles. The summed E-state index contributed by atoms with van der Waals surface area (Å²) in [5.41, 5.74) is 0. The van der Waals surface area contributed by atoms with Crippen LogP contribution >= 0.6 is 0 Å². The summed E-state index contributed by atoms with van der Waals surface area (Å²) in [6.07, 6.45) is 1.89. The minimum absolute atomic E-state index is 0. The Morgan fingerprint density at radius 1 is 1.27 bits per heavy atom. The fourth-order valence-electron chi connectivity index (χ4n) is 0.729. The van der Waals surface area contributed by atoms with Crippen molar-refractivity contribution in [3.63, 3.8) is 0 Å². The van der Waals surface area contributed by atoms with Crippen molar-refractivity contribution < 1.29 is 46.0 Å². The van der Waals surface area contributed by atoms with Gasteiger partial charge in [0.05, 0.1) is 0 Å². The Hall–Kier alpha value is -0.0169. The molecule has 0 heterocycles. The van der Waals surface area contributed by atoms with Crippen molar-refractivity contribution in [2.75, 3.05) is 0 Å². The van der Waals surface area contributed by atoms with Gasteiger partial charge in [0, 0.05) is 12.4 Å².